The maximum atomic E-state index is 11.4. The molecule has 1 unspecified atom stereocenters. The van der Waals surface area contributed by atoms with Crippen molar-refractivity contribution in [2.75, 3.05) is 6.61 Å². The number of alkyl carbamates (subject to hydrolysis) is 1. The van der Waals surface area contributed by atoms with Gasteiger partial charge in [-0.2, -0.15) is 0 Å². The molecule has 6 heteroatoms. The number of amides is 1. The van der Waals surface area contributed by atoms with E-state index in [4.69, 9.17) is 15.6 Å². The SMILES string of the molecule is CC(CCO)OC(=O)NC(N)=Nc1ccccc1. The smallest absolute Gasteiger partial charge is 0.414 e. The van der Waals surface area contributed by atoms with E-state index in [9.17, 15) is 4.79 Å². The van der Waals surface area contributed by atoms with E-state index in [-0.39, 0.29) is 18.7 Å². The molecule has 0 aliphatic carbocycles. The van der Waals surface area contributed by atoms with Gasteiger partial charge in [0.1, 0.15) is 6.10 Å². The second-order valence-electron chi connectivity index (χ2n) is 3.69. The van der Waals surface area contributed by atoms with Crippen LogP contribution in [0.4, 0.5) is 10.5 Å². The monoisotopic (exact) mass is 251 g/mol. The Morgan fingerprint density at radius 1 is 1.50 bits per heavy atom. The molecule has 6 nitrogen and oxygen atoms in total. The zero-order valence-electron chi connectivity index (χ0n) is 10.2. The number of carbonyl (C=O) groups excluding carboxylic acids is 1. The molecular formula is C12H17N3O3. The van der Waals surface area contributed by atoms with Crippen LogP contribution in [0.5, 0.6) is 0 Å². The van der Waals surface area contributed by atoms with Crippen molar-refractivity contribution in [3.8, 4) is 0 Å². The largest absolute Gasteiger partial charge is 0.446 e. The third kappa shape index (κ3) is 5.31. The Bertz CT molecular complexity index is 406. The van der Waals surface area contributed by atoms with Crippen LogP contribution in [0.2, 0.25) is 0 Å². The quantitative estimate of drug-likeness (QED) is 0.552. The number of rotatable bonds is 4. The number of carbonyl (C=O) groups is 1. The van der Waals surface area contributed by atoms with E-state index >= 15 is 0 Å². The molecule has 0 aromatic heterocycles. The zero-order valence-corrected chi connectivity index (χ0v) is 10.2. The second-order valence-corrected chi connectivity index (χ2v) is 3.69. The fraction of sp³-hybridized carbons (Fsp3) is 0.333. The van der Waals surface area contributed by atoms with Crippen LogP contribution in [0.1, 0.15) is 13.3 Å². The molecule has 1 aromatic carbocycles. The molecule has 0 fully saturated rings. The topological polar surface area (TPSA) is 96.9 Å². The molecule has 98 valence electrons. The Hall–Kier alpha value is -2.08. The van der Waals surface area contributed by atoms with Crippen molar-refractivity contribution in [1.82, 2.24) is 5.32 Å². The minimum atomic E-state index is -0.687. The number of para-hydroxylation sites is 1. The number of hydrogen-bond acceptors (Lipinski definition) is 4. The van der Waals surface area contributed by atoms with Crippen LogP contribution in [0.25, 0.3) is 0 Å². The Morgan fingerprint density at radius 3 is 2.78 bits per heavy atom. The first kappa shape index (κ1) is 14.0. The van der Waals surface area contributed by atoms with E-state index in [1.54, 1.807) is 19.1 Å². The van der Waals surface area contributed by atoms with E-state index in [2.05, 4.69) is 10.3 Å². The minimum absolute atomic E-state index is 0.0394. The van der Waals surface area contributed by atoms with Gasteiger partial charge in [-0.25, -0.2) is 9.79 Å². The van der Waals surface area contributed by atoms with Crippen molar-refractivity contribution in [2.45, 2.75) is 19.4 Å². The summed E-state index contributed by atoms with van der Waals surface area (Å²) in [5, 5.41) is 11.0. The molecule has 0 bridgehead atoms. The fourth-order valence-corrected chi connectivity index (χ4v) is 1.23. The van der Waals surface area contributed by atoms with Crippen LogP contribution in [0.3, 0.4) is 0 Å². The summed E-state index contributed by atoms with van der Waals surface area (Å²) < 4.78 is 4.93. The normalized spacial score (nSPS) is 12.9. The summed E-state index contributed by atoms with van der Waals surface area (Å²) in [6, 6.07) is 9.00. The molecule has 1 amide bonds. The molecule has 1 atom stereocenters. The average Bonchev–Trinajstić information content (AvgIpc) is 2.29. The second kappa shape index (κ2) is 7.29. The van der Waals surface area contributed by atoms with Gasteiger partial charge in [-0.05, 0) is 19.1 Å². The van der Waals surface area contributed by atoms with Gasteiger partial charge in [-0.1, -0.05) is 18.2 Å². The zero-order chi connectivity index (χ0) is 13.4. The molecule has 0 radical (unpaired) electrons. The van der Waals surface area contributed by atoms with Crippen LogP contribution in [-0.4, -0.2) is 29.9 Å². The van der Waals surface area contributed by atoms with Crippen LogP contribution in [0, 0.1) is 0 Å². The van der Waals surface area contributed by atoms with Crippen molar-refractivity contribution < 1.29 is 14.6 Å². The highest BCUT2D eigenvalue weighted by atomic mass is 16.6. The molecule has 0 spiro atoms. The summed E-state index contributed by atoms with van der Waals surface area (Å²) in [5.41, 5.74) is 6.18. The number of benzene rings is 1. The molecule has 1 rings (SSSR count). The molecule has 0 heterocycles. The van der Waals surface area contributed by atoms with Crippen molar-refractivity contribution in [3.63, 3.8) is 0 Å². The number of nitrogens with zero attached hydrogens (tertiary/aromatic N) is 1. The lowest BCUT2D eigenvalue weighted by atomic mass is 10.3. The minimum Gasteiger partial charge on any atom is -0.446 e. The van der Waals surface area contributed by atoms with E-state index in [0.29, 0.717) is 12.1 Å². The van der Waals surface area contributed by atoms with E-state index in [0.717, 1.165) is 0 Å². The Kier molecular flexibility index (Phi) is 5.66. The maximum Gasteiger partial charge on any atom is 0.414 e. The molecule has 4 N–H and O–H groups in total. The van der Waals surface area contributed by atoms with Crippen LogP contribution in [0.15, 0.2) is 35.3 Å². The molecule has 1 aromatic rings. The summed E-state index contributed by atoms with van der Waals surface area (Å²) in [4.78, 5) is 15.3. The Morgan fingerprint density at radius 2 is 2.17 bits per heavy atom. The van der Waals surface area contributed by atoms with Crippen LogP contribution in [-0.2, 0) is 4.74 Å². The number of hydrogen-bond donors (Lipinski definition) is 3. The number of guanidine groups is 1. The molecule has 0 saturated heterocycles. The molecule has 0 aliphatic heterocycles. The lowest BCUT2D eigenvalue weighted by molar-refractivity contribution is 0.0942. The summed E-state index contributed by atoms with van der Waals surface area (Å²) >= 11 is 0. The first-order chi connectivity index (χ1) is 8.61. The number of ether oxygens (including phenoxy) is 1. The van der Waals surface area contributed by atoms with Gasteiger partial charge in [0.05, 0.1) is 5.69 Å². The Labute approximate surface area is 105 Å². The summed E-state index contributed by atoms with van der Waals surface area (Å²) in [6.45, 7) is 1.64. The first-order valence-electron chi connectivity index (χ1n) is 5.59. The first-order valence-corrected chi connectivity index (χ1v) is 5.59. The number of aliphatic hydroxyl groups is 1. The number of nitrogens with two attached hydrogens (primary N) is 1. The Balaban J connectivity index is 2.47. The van der Waals surface area contributed by atoms with E-state index < -0.39 is 6.09 Å². The number of aliphatic hydroxyl groups excluding tert-OH is 1. The lowest BCUT2D eigenvalue weighted by Crippen LogP contribution is -2.38. The number of nitrogens with one attached hydrogen (secondary N) is 1. The molecule has 0 aliphatic rings. The molecule has 0 saturated carbocycles. The average molecular weight is 251 g/mol. The predicted octanol–water partition coefficient (Wildman–Crippen LogP) is 1.13. The van der Waals surface area contributed by atoms with Gasteiger partial charge in [0, 0.05) is 13.0 Å². The molecule has 18 heavy (non-hydrogen) atoms. The third-order valence-corrected chi connectivity index (χ3v) is 2.08. The van der Waals surface area contributed by atoms with Crippen molar-refractivity contribution >= 4 is 17.7 Å². The van der Waals surface area contributed by atoms with Crippen LogP contribution < -0.4 is 11.1 Å². The van der Waals surface area contributed by atoms with Crippen molar-refractivity contribution in [3.05, 3.63) is 30.3 Å². The van der Waals surface area contributed by atoms with Gasteiger partial charge in [0.2, 0.25) is 5.96 Å². The highest BCUT2D eigenvalue weighted by Gasteiger charge is 2.09. The van der Waals surface area contributed by atoms with Gasteiger partial charge in [-0.15, -0.1) is 0 Å². The third-order valence-electron chi connectivity index (χ3n) is 2.08. The van der Waals surface area contributed by atoms with Gasteiger partial charge in [0.15, 0.2) is 0 Å². The van der Waals surface area contributed by atoms with Gasteiger partial charge in [0.25, 0.3) is 0 Å². The highest BCUT2D eigenvalue weighted by Crippen LogP contribution is 2.08. The van der Waals surface area contributed by atoms with Gasteiger partial charge >= 0.3 is 6.09 Å². The lowest BCUT2D eigenvalue weighted by Gasteiger charge is -2.12. The maximum absolute atomic E-state index is 11.4. The summed E-state index contributed by atoms with van der Waals surface area (Å²) in [7, 11) is 0. The standard InChI is InChI=1S/C12H17N3O3/c1-9(7-8-16)18-12(17)15-11(13)14-10-5-3-2-4-6-10/h2-6,9,16H,7-8H2,1H3,(H3,13,14,15,17). The van der Waals surface area contributed by atoms with Gasteiger partial charge < -0.3 is 15.6 Å². The predicted molar refractivity (Wildman–Crippen MR) is 68.5 cm³/mol. The summed E-state index contributed by atoms with van der Waals surface area (Å²) in [6.07, 6.45) is -0.684. The van der Waals surface area contributed by atoms with Crippen LogP contribution >= 0.6 is 0 Å². The van der Waals surface area contributed by atoms with E-state index in [1.165, 1.54) is 0 Å². The van der Waals surface area contributed by atoms with Gasteiger partial charge in [-0.3, -0.25) is 5.32 Å². The molecular weight excluding hydrogens is 234 g/mol. The van der Waals surface area contributed by atoms with Crippen molar-refractivity contribution in [2.24, 2.45) is 10.7 Å². The number of aliphatic imine (C=N–C) groups is 1. The highest BCUT2D eigenvalue weighted by molar-refractivity contribution is 5.94. The fourth-order valence-electron chi connectivity index (χ4n) is 1.23. The van der Waals surface area contributed by atoms with E-state index in [1.807, 2.05) is 18.2 Å². The summed E-state index contributed by atoms with van der Waals surface area (Å²) in [5.74, 6) is -0.0394. The van der Waals surface area contributed by atoms with Crippen molar-refractivity contribution in [1.29, 1.82) is 0 Å².